The van der Waals surface area contributed by atoms with E-state index in [1.165, 1.54) is 19.0 Å². The molecule has 0 unspecified atom stereocenters. The molecule has 0 bridgehead atoms. The van der Waals surface area contributed by atoms with Crippen LogP contribution in [0.15, 0.2) is 24.3 Å². The van der Waals surface area contributed by atoms with Crippen molar-refractivity contribution in [2.45, 2.75) is 12.5 Å². The number of hydrogen-bond acceptors (Lipinski definition) is 4. The predicted molar refractivity (Wildman–Crippen MR) is 71.5 cm³/mol. The standard InChI is InChI=1S/C13H19N3O3/c1-15-12(18)8-16(2)13(19)11(14)7-9-3-5-10(17)6-4-9/h3-6,11,17H,7-8,14H2,1-2H3,(H,15,18)/t11-/m1/s1. The van der Waals surface area contributed by atoms with Crippen LogP contribution in [0.4, 0.5) is 0 Å². The first-order chi connectivity index (χ1) is 8.93. The largest absolute Gasteiger partial charge is 0.508 e. The molecular weight excluding hydrogens is 246 g/mol. The van der Waals surface area contributed by atoms with E-state index in [0.717, 1.165) is 5.56 Å². The molecule has 1 atom stereocenters. The monoisotopic (exact) mass is 265 g/mol. The van der Waals surface area contributed by atoms with Crippen LogP contribution in [0.1, 0.15) is 5.56 Å². The summed E-state index contributed by atoms with van der Waals surface area (Å²) in [6, 6.07) is 5.79. The average molecular weight is 265 g/mol. The van der Waals surface area contributed by atoms with Crippen LogP contribution in [0.25, 0.3) is 0 Å². The Bertz CT molecular complexity index is 445. The first-order valence-corrected chi connectivity index (χ1v) is 5.93. The van der Waals surface area contributed by atoms with Crippen LogP contribution in [0.3, 0.4) is 0 Å². The summed E-state index contributed by atoms with van der Waals surface area (Å²) in [5, 5.41) is 11.6. The second kappa shape index (κ2) is 6.75. The van der Waals surface area contributed by atoms with Gasteiger partial charge in [0.05, 0.1) is 12.6 Å². The van der Waals surface area contributed by atoms with Crippen molar-refractivity contribution in [2.75, 3.05) is 20.6 Å². The molecule has 0 saturated heterocycles. The van der Waals surface area contributed by atoms with E-state index in [1.807, 2.05) is 0 Å². The summed E-state index contributed by atoms with van der Waals surface area (Å²) in [4.78, 5) is 24.4. The quantitative estimate of drug-likeness (QED) is 0.666. The third kappa shape index (κ3) is 4.59. The minimum atomic E-state index is -0.709. The van der Waals surface area contributed by atoms with Crippen LogP contribution in [0.2, 0.25) is 0 Å². The first-order valence-electron chi connectivity index (χ1n) is 5.93. The van der Waals surface area contributed by atoms with Crippen molar-refractivity contribution >= 4 is 11.8 Å². The zero-order chi connectivity index (χ0) is 14.4. The zero-order valence-corrected chi connectivity index (χ0v) is 11.1. The number of aromatic hydroxyl groups is 1. The number of rotatable bonds is 5. The Morgan fingerprint density at radius 3 is 2.47 bits per heavy atom. The number of carbonyl (C=O) groups excluding carboxylic acids is 2. The third-order valence-corrected chi connectivity index (χ3v) is 2.74. The van der Waals surface area contributed by atoms with E-state index < -0.39 is 6.04 Å². The van der Waals surface area contributed by atoms with E-state index in [-0.39, 0.29) is 24.1 Å². The maximum absolute atomic E-state index is 11.9. The van der Waals surface area contributed by atoms with Crippen LogP contribution < -0.4 is 11.1 Å². The number of nitrogens with one attached hydrogen (secondary N) is 1. The highest BCUT2D eigenvalue weighted by Crippen LogP contribution is 2.11. The number of likely N-dealkylation sites (N-methyl/N-ethyl adjacent to an activating group) is 2. The Balaban J connectivity index is 2.57. The van der Waals surface area contributed by atoms with Gasteiger partial charge in [-0.2, -0.15) is 0 Å². The lowest BCUT2D eigenvalue weighted by Crippen LogP contribution is -2.46. The topological polar surface area (TPSA) is 95.7 Å². The van der Waals surface area contributed by atoms with E-state index in [9.17, 15) is 9.59 Å². The summed E-state index contributed by atoms with van der Waals surface area (Å²) in [7, 11) is 3.05. The summed E-state index contributed by atoms with van der Waals surface area (Å²) in [5.74, 6) is -0.371. The minimum Gasteiger partial charge on any atom is -0.508 e. The molecule has 2 amide bonds. The van der Waals surface area contributed by atoms with Gasteiger partial charge in [0.15, 0.2) is 0 Å². The number of nitrogens with two attached hydrogens (primary N) is 1. The van der Waals surface area contributed by atoms with Crippen LogP contribution in [0.5, 0.6) is 5.75 Å². The second-order valence-corrected chi connectivity index (χ2v) is 4.34. The Hall–Kier alpha value is -2.08. The lowest BCUT2D eigenvalue weighted by molar-refractivity contribution is -0.135. The maximum Gasteiger partial charge on any atom is 0.240 e. The number of phenolic OH excluding ortho intramolecular Hbond substituents is 1. The van der Waals surface area contributed by atoms with Crippen molar-refractivity contribution in [2.24, 2.45) is 5.73 Å². The Labute approximate surface area is 112 Å². The van der Waals surface area contributed by atoms with E-state index in [0.29, 0.717) is 6.42 Å². The van der Waals surface area contributed by atoms with Gasteiger partial charge in [-0.1, -0.05) is 12.1 Å². The van der Waals surface area contributed by atoms with Crippen molar-refractivity contribution in [1.29, 1.82) is 0 Å². The fourth-order valence-corrected chi connectivity index (χ4v) is 1.63. The predicted octanol–water partition coefficient (Wildman–Crippen LogP) is -0.534. The third-order valence-electron chi connectivity index (χ3n) is 2.74. The summed E-state index contributed by atoms with van der Waals surface area (Å²) >= 11 is 0. The highest BCUT2D eigenvalue weighted by atomic mass is 16.3. The van der Waals surface area contributed by atoms with Gasteiger partial charge in [-0.15, -0.1) is 0 Å². The molecule has 1 aromatic rings. The van der Waals surface area contributed by atoms with E-state index in [4.69, 9.17) is 10.8 Å². The van der Waals surface area contributed by atoms with E-state index in [1.54, 1.807) is 24.3 Å². The van der Waals surface area contributed by atoms with Crippen molar-refractivity contribution in [1.82, 2.24) is 10.2 Å². The molecule has 104 valence electrons. The van der Waals surface area contributed by atoms with Gasteiger partial charge in [0.1, 0.15) is 5.75 Å². The number of hydrogen-bond donors (Lipinski definition) is 3. The molecule has 0 radical (unpaired) electrons. The Morgan fingerprint density at radius 2 is 1.95 bits per heavy atom. The molecule has 0 aromatic heterocycles. The van der Waals surface area contributed by atoms with Crippen molar-refractivity contribution in [3.8, 4) is 5.75 Å². The van der Waals surface area contributed by atoms with Gasteiger partial charge in [0.2, 0.25) is 11.8 Å². The smallest absolute Gasteiger partial charge is 0.240 e. The molecule has 6 heteroatoms. The molecule has 0 heterocycles. The van der Waals surface area contributed by atoms with Crippen LogP contribution in [-0.4, -0.2) is 48.5 Å². The van der Waals surface area contributed by atoms with Crippen molar-refractivity contribution in [3.63, 3.8) is 0 Å². The highest BCUT2D eigenvalue weighted by molar-refractivity contribution is 5.87. The molecule has 0 saturated carbocycles. The number of amides is 2. The zero-order valence-electron chi connectivity index (χ0n) is 11.1. The Morgan fingerprint density at radius 1 is 1.37 bits per heavy atom. The highest BCUT2D eigenvalue weighted by Gasteiger charge is 2.19. The molecule has 0 fully saturated rings. The van der Waals surface area contributed by atoms with Crippen LogP contribution in [0, 0.1) is 0 Å². The average Bonchev–Trinajstić information content (AvgIpc) is 2.40. The van der Waals surface area contributed by atoms with Crippen LogP contribution >= 0.6 is 0 Å². The lowest BCUT2D eigenvalue weighted by Gasteiger charge is -2.20. The first kappa shape index (κ1) is 15.0. The van der Waals surface area contributed by atoms with Gasteiger partial charge in [-0.25, -0.2) is 0 Å². The van der Waals surface area contributed by atoms with Crippen molar-refractivity contribution < 1.29 is 14.7 Å². The summed E-state index contributed by atoms with van der Waals surface area (Å²) < 4.78 is 0. The maximum atomic E-state index is 11.9. The number of benzene rings is 1. The molecular formula is C13H19N3O3. The van der Waals surface area contributed by atoms with Crippen molar-refractivity contribution in [3.05, 3.63) is 29.8 Å². The molecule has 0 spiro atoms. The molecule has 1 rings (SSSR count). The number of nitrogens with zero attached hydrogens (tertiary/aromatic N) is 1. The van der Waals surface area contributed by atoms with Gasteiger partial charge in [0.25, 0.3) is 0 Å². The molecule has 4 N–H and O–H groups in total. The van der Waals surface area contributed by atoms with Crippen LogP contribution in [-0.2, 0) is 16.0 Å². The second-order valence-electron chi connectivity index (χ2n) is 4.34. The Kier molecular flexibility index (Phi) is 5.32. The number of carbonyl (C=O) groups is 2. The molecule has 0 aliphatic carbocycles. The molecule has 19 heavy (non-hydrogen) atoms. The lowest BCUT2D eigenvalue weighted by atomic mass is 10.1. The fourth-order valence-electron chi connectivity index (χ4n) is 1.63. The minimum absolute atomic E-state index is 0.0153. The fraction of sp³-hybridized carbons (Fsp3) is 0.385. The van der Waals surface area contributed by atoms with Gasteiger partial charge < -0.3 is 21.1 Å². The summed E-state index contributed by atoms with van der Waals surface area (Å²) in [6.07, 6.45) is 0.358. The molecule has 0 aliphatic rings. The molecule has 0 aliphatic heterocycles. The van der Waals surface area contributed by atoms with Gasteiger partial charge in [-0.3, -0.25) is 9.59 Å². The van der Waals surface area contributed by atoms with E-state index >= 15 is 0 Å². The van der Waals surface area contributed by atoms with E-state index in [2.05, 4.69) is 5.32 Å². The summed E-state index contributed by atoms with van der Waals surface area (Å²) in [5.41, 5.74) is 6.67. The van der Waals surface area contributed by atoms with Gasteiger partial charge in [0, 0.05) is 14.1 Å². The molecule has 1 aromatic carbocycles. The van der Waals surface area contributed by atoms with Gasteiger partial charge >= 0.3 is 0 Å². The summed E-state index contributed by atoms with van der Waals surface area (Å²) in [6.45, 7) is -0.0153. The normalized spacial score (nSPS) is 11.7. The van der Waals surface area contributed by atoms with Gasteiger partial charge in [-0.05, 0) is 24.1 Å². The SMILES string of the molecule is CNC(=O)CN(C)C(=O)[C@H](N)Cc1ccc(O)cc1. The number of phenols is 1. The molecule has 6 nitrogen and oxygen atoms in total.